The summed E-state index contributed by atoms with van der Waals surface area (Å²) in [6.45, 7) is 3.04. The van der Waals surface area contributed by atoms with Crippen LogP contribution in [0.1, 0.15) is 5.69 Å². The quantitative estimate of drug-likeness (QED) is 0.833. The highest BCUT2D eigenvalue weighted by molar-refractivity contribution is 5.83. The van der Waals surface area contributed by atoms with Gasteiger partial charge < -0.3 is 9.47 Å². The van der Waals surface area contributed by atoms with Crippen molar-refractivity contribution in [2.75, 3.05) is 13.1 Å². The number of carbonyl (C=O) groups excluding carboxylic acids is 1. The number of aromatic nitrogens is 1. The molecule has 1 aromatic carbocycles. The van der Waals surface area contributed by atoms with Crippen LogP contribution in [0, 0.1) is 24.2 Å². The zero-order valence-corrected chi connectivity index (χ0v) is 11.7. The molecule has 0 aliphatic carbocycles. The largest absolute Gasteiger partial charge is 0.338 e. The van der Waals surface area contributed by atoms with Gasteiger partial charge in [0.25, 0.3) is 0 Å². The maximum Gasteiger partial charge on any atom is 0.242 e. The van der Waals surface area contributed by atoms with Crippen LogP contribution in [0.25, 0.3) is 10.9 Å². The molecule has 0 bridgehead atoms. The van der Waals surface area contributed by atoms with Crippen molar-refractivity contribution in [2.45, 2.75) is 13.5 Å². The van der Waals surface area contributed by atoms with Crippen molar-refractivity contribution in [1.29, 1.82) is 5.26 Å². The zero-order chi connectivity index (χ0) is 15.0. The molecule has 0 N–H and O–H groups in total. The van der Waals surface area contributed by atoms with E-state index in [-0.39, 0.29) is 23.8 Å². The third kappa shape index (κ3) is 2.29. The molecule has 1 aliphatic heterocycles. The summed E-state index contributed by atoms with van der Waals surface area (Å²) in [7, 11) is 0. The molecule has 1 amide bonds. The molecule has 106 valence electrons. The van der Waals surface area contributed by atoms with E-state index in [4.69, 9.17) is 5.26 Å². The van der Waals surface area contributed by atoms with Crippen molar-refractivity contribution in [3.05, 3.63) is 46.2 Å². The molecule has 1 fully saturated rings. The van der Waals surface area contributed by atoms with Crippen LogP contribution in [0.15, 0.2) is 35.1 Å². The SMILES string of the molecule is Cc1cc(=O)c2ccccc2n1CC(=O)N1CC(C#N)C1. The van der Waals surface area contributed by atoms with Gasteiger partial charge in [-0.15, -0.1) is 0 Å². The van der Waals surface area contributed by atoms with Crippen molar-refractivity contribution in [2.24, 2.45) is 5.92 Å². The number of carbonyl (C=O) groups is 1. The average Bonchev–Trinajstić information content (AvgIpc) is 2.42. The molecular formula is C16H15N3O2. The third-order valence-electron chi connectivity index (χ3n) is 3.94. The lowest BCUT2D eigenvalue weighted by molar-refractivity contribution is -0.136. The van der Waals surface area contributed by atoms with E-state index in [1.165, 1.54) is 0 Å². The maximum absolute atomic E-state index is 12.3. The topological polar surface area (TPSA) is 66.1 Å². The van der Waals surface area contributed by atoms with Gasteiger partial charge in [-0.3, -0.25) is 9.59 Å². The van der Waals surface area contributed by atoms with E-state index in [0.29, 0.717) is 18.5 Å². The van der Waals surface area contributed by atoms with Crippen LogP contribution in [0.3, 0.4) is 0 Å². The van der Waals surface area contributed by atoms with E-state index in [2.05, 4.69) is 6.07 Å². The Hall–Kier alpha value is -2.61. The van der Waals surface area contributed by atoms with Crippen molar-refractivity contribution < 1.29 is 4.79 Å². The van der Waals surface area contributed by atoms with E-state index in [0.717, 1.165) is 11.2 Å². The number of likely N-dealkylation sites (tertiary alicyclic amines) is 1. The van der Waals surface area contributed by atoms with Crippen molar-refractivity contribution in [1.82, 2.24) is 9.47 Å². The molecule has 0 radical (unpaired) electrons. The third-order valence-corrected chi connectivity index (χ3v) is 3.94. The number of hydrogen-bond acceptors (Lipinski definition) is 3. The van der Waals surface area contributed by atoms with Gasteiger partial charge in [-0.05, 0) is 19.1 Å². The van der Waals surface area contributed by atoms with E-state index >= 15 is 0 Å². The maximum atomic E-state index is 12.3. The number of pyridine rings is 1. The summed E-state index contributed by atoms with van der Waals surface area (Å²) in [6.07, 6.45) is 0. The number of benzene rings is 1. The normalized spacial score (nSPS) is 14.8. The van der Waals surface area contributed by atoms with Gasteiger partial charge in [-0.25, -0.2) is 0 Å². The monoisotopic (exact) mass is 281 g/mol. The van der Waals surface area contributed by atoms with Crippen LogP contribution in [0.5, 0.6) is 0 Å². The predicted molar refractivity (Wildman–Crippen MR) is 78.6 cm³/mol. The minimum Gasteiger partial charge on any atom is -0.338 e. The van der Waals surface area contributed by atoms with Gasteiger partial charge in [0.2, 0.25) is 5.91 Å². The number of nitriles is 1. The van der Waals surface area contributed by atoms with Gasteiger partial charge in [0.15, 0.2) is 5.43 Å². The number of para-hydroxylation sites is 1. The highest BCUT2D eigenvalue weighted by Gasteiger charge is 2.30. The molecular weight excluding hydrogens is 266 g/mol. The lowest BCUT2D eigenvalue weighted by atomic mass is 10.0. The minimum absolute atomic E-state index is 0.0154. The summed E-state index contributed by atoms with van der Waals surface area (Å²) in [5.41, 5.74) is 1.51. The van der Waals surface area contributed by atoms with Crippen molar-refractivity contribution in [3.63, 3.8) is 0 Å². The number of rotatable bonds is 2. The van der Waals surface area contributed by atoms with E-state index in [1.807, 2.05) is 29.7 Å². The summed E-state index contributed by atoms with van der Waals surface area (Å²) < 4.78 is 1.86. The Labute approximate surface area is 122 Å². The van der Waals surface area contributed by atoms with Crippen molar-refractivity contribution in [3.8, 4) is 6.07 Å². The molecule has 2 aromatic rings. The molecule has 0 spiro atoms. The molecule has 0 atom stereocenters. The van der Waals surface area contributed by atoms with E-state index < -0.39 is 0 Å². The van der Waals surface area contributed by atoms with Crippen LogP contribution in [0.4, 0.5) is 0 Å². The number of amides is 1. The van der Waals surface area contributed by atoms with Crippen LogP contribution >= 0.6 is 0 Å². The van der Waals surface area contributed by atoms with Gasteiger partial charge in [0.05, 0.1) is 17.5 Å². The Kier molecular flexibility index (Phi) is 3.22. The summed E-state index contributed by atoms with van der Waals surface area (Å²) in [5, 5.41) is 9.38. The summed E-state index contributed by atoms with van der Waals surface area (Å²) in [6, 6.07) is 11.0. The highest BCUT2D eigenvalue weighted by Crippen LogP contribution is 2.17. The molecule has 0 unspecified atom stereocenters. The Morgan fingerprint density at radius 1 is 1.38 bits per heavy atom. The molecule has 5 nitrogen and oxygen atoms in total. The van der Waals surface area contributed by atoms with Crippen LogP contribution in [0.2, 0.25) is 0 Å². The zero-order valence-electron chi connectivity index (χ0n) is 11.7. The fraction of sp³-hybridized carbons (Fsp3) is 0.312. The number of aryl methyl sites for hydroxylation is 1. The fourth-order valence-corrected chi connectivity index (χ4v) is 2.66. The second-order valence-electron chi connectivity index (χ2n) is 5.38. The van der Waals surface area contributed by atoms with Crippen LogP contribution in [-0.2, 0) is 11.3 Å². The second-order valence-corrected chi connectivity index (χ2v) is 5.38. The summed E-state index contributed by atoms with van der Waals surface area (Å²) >= 11 is 0. The second kappa shape index (κ2) is 5.06. The van der Waals surface area contributed by atoms with Gasteiger partial charge >= 0.3 is 0 Å². The molecule has 5 heteroatoms. The predicted octanol–water partition coefficient (Wildman–Crippen LogP) is 1.29. The highest BCUT2D eigenvalue weighted by atomic mass is 16.2. The first-order valence-electron chi connectivity index (χ1n) is 6.86. The number of nitrogens with zero attached hydrogens (tertiary/aromatic N) is 3. The Morgan fingerprint density at radius 2 is 2.10 bits per heavy atom. The first-order valence-corrected chi connectivity index (χ1v) is 6.86. The first kappa shape index (κ1) is 13.4. The summed E-state index contributed by atoms with van der Waals surface area (Å²) in [4.78, 5) is 25.9. The van der Waals surface area contributed by atoms with Crippen LogP contribution in [-0.4, -0.2) is 28.5 Å². The number of hydrogen-bond donors (Lipinski definition) is 0. The van der Waals surface area contributed by atoms with Gasteiger partial charge in [-0.1, -0.05) is 12.1 Å². The smallest absolute Gasteiger partial charge is 0.242 e. The Balaban J connectivity index is 1.93. The molecule has 2 heterocycles. The first-order chi connectivity index (χ1) is 10.1. The van der Waals surface area contributed by atoms with Gasteiger partial charge in [0, 0.05) is 30.2 Å². The van der Waals surface area contributed by atoms with Crippen molar-refractivity contribution >= 4 is 16.8 Å². The lowest BCUT2D eigenvalue weighted by Gasteiger charge is -2.35. The average molecular weight is 281 g/mol. The summed E-state index contributed by atoms with van der Waals surface area (Å²) in [5.74, 6) is -0.0563. The molecule has 0 saturated carbocycles. The van der Waals surface area contributed by atoms with Gasteiger partial charge in [0.1, 0.15) is 6.54 Å². The van der Waals surface area contributed by atoms with E-state index in [9.17, 15) is 9.59 Å². The molecule has 1 aliphatic rings. The number of fused-ring (bicyclic) bond motifs is 1. The molecule has 1 aromatic heterocycles. The van der Waals surface area contributed by atoms with Gasteiger partial charge in [-0.2, -0.15) is 5.26 Å². The van der Waals surface area contributed by atoms with Crippen LogP contribution < -0.4 is 5.43 Å². The lowest BCUT2D eigenvalue weighted by Crippen LogP contribution is -2.50. The minimum atomic E-state index is -0.0409. The molecule has 21 heavy (non-hydrogen) atoms. The standard InChI is InChI=1S/C16H15N3O2/c1-11-6-15(20)13-4-2-3-5-14(13)19(11)10-16(21)18-8-12(7-17)9-18/h2-6,12H,8-10H2,1H3. The fourth-order valence-electron chi connectivity index (χ4n) is 2.66. The molecule has 1 saturated heterocycles. The Bertz CT molecular complexity index is 810. The Morgan fingerprint density at radius 3 is 2.81 bits per heavy atom. The van der Waals surface area contributed by atoms with E-state index in [1.54, 1.807) is 17.0 Å². The molecule has 3 rings (SSSR count).